The summed E-state index contributed by atoms with van der Waals surface area (Å²) in [6.45, 7) is 7.99. The van der Waals surface area contributed by atoms with Crippen LogP contribution in [0.1, 0.15) is 56.8 Å². The van der Waals surface area contributed by atoms with Gasteiger partial charge in [-0.1, -0.05) is 36.4 Å². The molecule has 5 aromatic rings. The summed E-state index contributed by atoms with van der Waals surface area (Å²) in [4.78, 5) is 33.8. The van der Waals surface area contributed by atoms with Crippen molar-refractivity contribution in [3.63, 3.8) is 0 Å². The maximum absolute atomic E-state index is 14.3. The third-order valence-electron chi connectivity index (χ3n) is 12.7. The molecular weight excluding hydrogens is 963 g/mol. The van der Waals surface area contributed by atoms with Crippen molar-refractivity contribution in [3.8, 4) is 23.0 Å². The molecule has 0 spiro atoms. The molecule has 3 aliphatic heterocycles. The van der Waals surface area contributed by atoms with E-state index in [9.17, 15) is 22.6 Å². The molecule has 0 aliphatic carbocycles. The summed E-state index contributed by atoms with van der Waals surface area (Å²) in [5, 5.41) is 4.62. The van der Waals surface area contributed by atoms with Gasteiger partial charge in [0, 0.05) is 67.7 Å². The van der Waals surface area contributed by atoms with Gasteiger partial charge in [0.2, 0.25) is 0 Å². The van der Waals surface area contributed by atoms with E-state index in [1.807, 2.05) is 68.4 Å². The third-order valence-corrected chi connectivity index (χ3v) is 14.0. The third kappa shape index (κ3) is 11.8. The van der Waals surface area contributed by atoms with E-state index in [4.69, 9.17) is 45.8 Å². The summed E-state index contributed by atoms with van der Waals surface area (Å²) in [6.07, 6.45) is 0.989. The highest BCUT2D eigenvalue weighted by Gasteiger charge is 2.47. The number of hydrogen-bond donors (Lipinski definition) is 4. The smallest absolute Gasteiger partial charge is 0.288 e. The molecule has 1 unspecified atom stereocenters. The van der Waals surface area contributed by atoms with Crippen LogP contribution in [0.25, 0.3) is 0 Å². The lowest BCUT2D eigenvalue weighted by atomic mass is 10.1. The highest BCUT2D eigenvalue weighted by atomic mass is 32.2. The minimum atomic E-state index is -4.72. The van der Waals surface area contributed by atoms with Crippen molar-refractivity contribution in [2.75, 3.05) is 106 Å². The summed E-state index contributed by atoms with van der Waals surface area (Å²) in [5.41, 5.74) is 7.06. The molecule has 3 N–H and O–H groups in total. The van der Waals surface area contributed by atoms with Gasteiger partial charge in [0.1, 0.15) is 13.2 Å². The van der Waals surface area contributed by atoms with Gasteiger partial charge in [-0.15, -0.1) is 0 Å². The summed E-state index contributed by atoms with van der Waals surface area (Å²) < 4.78 is 77.5. The Hall–Kier alpha value is -6.22. The van der Waals surface area contributed by atoms with Crippen LogP contribution in [0.5, 0.6) is 23.0 Å². The van der Waals surface area contributed by atoms with E-state index < -0.39 is 32.2 Å². The summed E-state index contributed by atoms with van der Waals surface area (Å²) in [5.74, 6) is 0.661. The van der Waals surface area contributed by atoms with Crippen LogP contribution in [-0.4, -0.2) is 122 Å². The van der Waals surface area contributed by atoms with E-state index in [1.165, 1.54) is 31.3 Å². The van der Waals surface area contributed by atoms with Crippen molar-refractivity contribution in [1.29, 1.82) is 0 Å². The maximum atomic E-state index is 14.3. The topological polar surface area (TPSA) is 187 Å². The van der Waals surface area contributed by atoms with Crippen molar-refractivity contribution < 1.29 is 55.7 Å². The Morgan fingerprint density at radius 2 is 1.44 bits per heavy atom. The Balaban J connectivity index is 1.09. The number of hydrogen-bond acceptors (Lipinski definition) is 15. The molecule has 8 rings (SSSR count). The molecule has 17 nitrogen and oxygen atoms in total. The number of methoxy groups -OCH3 is 3. The number of benzene rings is 5. The van der Waals surface area contributed by atoms with Crippen LogP contribution >= 0.6 is 12.6 Å². The average Bonchev–Trinajstić information content (AvgIpc) is 3.94. The van der Waals surface area contributed by atoms with Gasteiger partial charge in [-0.05, 0) is 91.4 Å². The first kappa shape index (κ1) is 52.1. The zero-order valence-corrected chi connectivity index (χ0v) is 43.1. The molecule has 0 bridgehead atoms. The molecule has 72 heavy (non-hydrogen) atoms. The highest BCUT2D eigenvalue weighted by molar-refractivity contribution is 7.86. The monoisotopic (exact) mass is 1030 g/mol. The first-order valence-corrected chi connectivity index (χ1v) is 25.7. The van der Waals surface area contributed by atoms with Gasteiger partial charge in [-0.25, -0.2) is 0 Å². The number of carbonyl (C=O) groups excluding carboxylic acids is 2. The van der Waals surface area contributed by atoms with Crippen LogP contribution < -0.4 is 44.3 Å². The number of nitrogens with one attached hydrogen (secondary N) is 2. The minimum Gasteiger partial charge on any atom is -0.493 e. The number of rotatable bonds is 23. The van der Waals surface area contributed by atoms with Gasteiger partial charge in [0.25, 0.3) is 21.9 Å². The second-order valence-electron chi connectivity index (χ2n) is 18.4. The van der Waals surface area contributed by atoms with E-state index in [1.54, 1.807) is 43.3 Å². The Morgan fingerprint density at radius 3 is 2.10 bits per heavy atom. The minimum absolute atomic E-state index is 0.00483. The van der Waals surface area contributed by atoms with Gasteiger partial charge in [0.05, 0.1) is 75.8 Å². The van der Waals surface area contributed by atoms with Crippen molar-refractivity contribution in [1.82, 2.24) is 0 Å². The molecule has 19 heteroatoms. The van der Waals surface area contributed by atoms with Crippen molar-refractivity contribution in [3.05, 3.63) is 124 Å². The molecule has 3 aliphatic rings. The quantitative estimate of drug-likeness (QED) is 0.0286. The van der Waals surface area contributed by atoms with E-state index in [-0.39, 0.29) is 48.3 Å². The first-order valence-electron chi connectivity index (χ1n) is 23.8. The molecule has 5 aromatic carbocycles. The second kappa shape index (κ2) is 22.7. The van der Waals surface area contributed by atoms with Crippen LogP contribution in [-0.2, 0) is 50.4 Å². The highest BCUT2D eigenvalue weighted by Crippen LogP contribution is 2.43. The van der Waals surface area contributed by atoms with Gasteiger partial charge in [-0.2, -0.15) is 21.0 Å². The lowest BCUT2D eigenvalue weighted by Crippen LogP contribution is -2.49. The fraction of sp³-hybridized carbons (Fsp3) is 0.396. The predicted molar refractivity (Wildman–Crippen MR) is 281 cm³/mol. The number of carbonyl (C=O) groups is 2. The van der Waals surface area contributed by atoms with Crippen LogP contribution in [0, 0.1) is 0 Å². The zero-order valence-electron chi connectivity index (χ0n) is 41.4. The number of anilines is 5. The number of amides is 2. The molecule has 2 amide bonds. The van der Waals surface area contributed by atoms with E-state index >= 15 is 0 Å². The molecule has 2 atom stereocenters. The Morgan fingerprint density at radius 1 is 0.819 bits per heavy atom. The SMILES string of the molecule is CNc1cc(OCc2cc(COc3cc4c(cc3OC)C(=O)N3c5ccccc5C[C@@H]3C(S(=O)(=O)O)N4)cc(N(CCOCCOCCOC)CC(C)(C)S)c2)c(OC)cc1C(=O)N1CCc2ccccc21. The first-order chi connectivity index (χ1) is 34.6. The molecular formula is C53H63N5O12S2. The Bertz CT molecular complexity index is 2880. The predicted octanol–water partition coefficient (Wildman–Crippen LogP) is 7.51. The Kier molecular flexibility index (Phi) is 16.4. The van der Waals surface area contributed by atoms with Crippen LogP contribution in [0.2, 0.25) is 0 Å². The van der Waals surface area contributed by atoms with Gasteiger partial charge < -0.3 is 58.5 Å². The fourth-order valence-electron chi connectivity index (χ4n) is 9.43. The maximum Gasteiger partial charge on any atom is 0.288 e. The number of nitrogens with zero attached hydrogens (tertiary/aromatic N) is 3. The van der Waals surface area contributed by atoms with E-state index in [0.29, 0.717) is 81.1 Å². The average molecular weight is 1030 g/mol. The van der Waals surface area contributed by atoms with Gasteiger partial charge in [-0.3, -0.25) is 14.1 Å². The molecule has 384 valence electrons. The number of para-hydroxylation sites is 2. The molecule has 0 radical (unpaired) electrons. The summed E-state index contributed by atoms with van der Waals surface area (Å²) >= 11 is 4.91. The standard InChI is InChI=1S/C53H63N5O12S2/c1-53(2,71)33-56(17-18-67-21-22-68-20-19-64-4)38-24-34(31-69-48-29-41(54-3)39(27-46(48)65-5)51(59)57-16-15-36-11-7-9-13-43(36)57)23-35(25-38)32-70-49-30-42-40(28-47(49)66-6)52(60)58-44-14-10-8-12-37(44)26-45(58)50(55-42)72(61,62)63/h7-14,23-25,27-30,45,50,54-55,71H,15-22,26,31-33H2,1-6H3,(H,61,62,63)/t45-,50?/m1/s1. The van der Waals surface area contributed by atoms with Crippen molar-refractivity contribution >= 4 is 63.0 Å². The van der Waals surface area contributed by atoms with Crippen molar-refractivity contribution in [2.45, 2.75) is 56.1 Å². The fourth-order valence-corrected chi connectivity index (χ4v) is 10.5. The van der Waals surface area contributed by atoms with Crippen LogP contribution in [0.15, 0.2) is 91.0 Å². The van der Waals surface area contributed by atoms with E-state index in [2.05, 4.69) is 15.5 Å². The summed E-state index contributed by atoms with van der Waals surface area (Å²) in [6, 6.07) is 26.7. The number of thiol groups is 1. The molecule has 3 heterocycles. The largest absolute Gasteiger partial charge is 0.493 e. The van der Waals surface area contributed by atoms with Crippen LogP contribution in [0.4, 0.5) is 28.4 Å². The van der Waals surface area contributed by atoms with E-state index in [0.717, 1.165) is 40.0 Å². The Labute approximate surface area is 426 Å². The van der Waals surface area contributed by atoms with Gasteiger partial charge >= 0.3 is 0 Å². The lowest BCUT2D eigenvalue weighted by Gasteiger charge is -2.32. The van der Waals surface area contributed by atoms with Crippen LogP contribution in [0.3, 0.4) is 0 Å². The number of ether oxygens (including phenoxy) is 7. The zero-order chi connectivity index (χ0) is 51.2. The molecule has 0 aromatic heterocycles. The second-order valence-corrected chi connectivity index (χ2v) is 21.1. The molecule has 0 fully saturated rings. The number of fused-ring (bicyclic) bond motifs is 5. The molecule has 0 saturated carbocycles. The van der Waals surface area contributed by atoms with Gasteiger partial charge in [0.15, 0.2) is 28.4 Å². The molecule has 0 saturated heterocycles. The normalized spacial score (nSPS) is 16.0. The summed E-state index contributed by atoms with van der Waals surface area (Å²) in [7, 11) is 1.66. The lowest BCUT2D eigenvalue weighted by molar-refractivity contribution is 0.0264. The van der Waals surface area contributed by atoms with Crippen molar-refractivity contribution in [2.24, 2.45) is 0 Å².